The first kappa shape index (κ1) is 32.2. The van der Waals surface area contributed by atoms with Crippen LogP contribution in [-0.2, 0) is 61.3 Å². The van der Waals surface area contributed by atoms with Gasteiger partial charge in [-0.25, -0.2) is 19.2 Å². The van der Waals surface area contributed by atoms with Crippen LogP contribution in [-0.4, -0.2) is 88.1 Å². The molecule has 26 heavy (non-hydrogen) atoms. The Labute approximate surface area is 163 Å². The SMILES string of the molecule is CC(O)(C(=O)O)C(O)C(=O)O.CC(O)(C(=O)O)C(O)C(=O)O.[O]=[V].[O]=[V]. The van der Waals surface area contributed by atoms with E-state index in [0.29, 0.717) is 13.8 Å². The fourth-order valence-corrected chi connectivity index (χ4v) is 0.715. The zero-order valence-corrected chi connectivity index (χ0v) is 15.9. The molecule has 0 aromatic heterocycles. The fraction of sp³-hybridized carbons (Fsp3) is 0.600. The summed E-state index contributed by atoms with van der Waals surface area (Å²) in [5.41, 5.74) is -5.29. The van der Waals surface area contributed by atoms with Crippen LogP contribution in [0.5, 0.6) is 0 Å². The Morgan fingerprint density at radius 2 is 0.808 bits per heavy atom. The number of aliphatic hydroxyl groups excluding tert-OH is 2. The summed E-state index contributed by atoms with van der Waals surface area (Å²) in [6.45, 7) is 1.41. The maximum absolute atomic E-state index is 10.1. The molecular formula is C10H16O14V2. The van der Waals surface area contributed by atoms with Crippen molar-refractivity contribution in [3.05, 3.63) is 0 Å². The van der Waals surface area contributed by atoms with E-state index in [-0.39, 0.29) is 0 Å². The van der Waals surface area contributed by atoms with Crippen molar-refractivity contribution in [3.8, 4) is 0 Å². The summed E-state index contributed by atoms with van der Waals surface area (Å²) in [7, 11) is 0. The molecule has 16 heteroatoms. The van der Waals surface area contributed by atoms with Crippen molar-refractivity contribution >= 4 is 23.9 Å². The second-order valence-corrected chi connectivity index (χ2v) is 4.39. The van der Waals surface area contributed by atoms with Gasteiger partial charge in [-0.1, -0.05) is 0 Å². The van der Waals surface area contributed by atoms with E-state index in [1.165, 1.54) is 0 Å². The van der Waals surface area contributed by atoms with Crippen LogP contribution in [0.2, 0.25) is 0 Å². The van der Waals surface area contributed by atoms with Gasteiger partial charge in [0.1, 0.15) is 0 Å². The molecule has 4 unspecified atom stereocenters. The molecule has 0 fully saturated rings. The van der Waals surface area contributed by atoms with Crippen molar-refractivity contribution in [2.75, 3.05) is 0 Å². The number of hydrogen-bond donors (Lipinski definition) is 8. The van der Waals surface area contributed by atoms with Gasteiger partial charge >= 0.3 is 66.0 Å². The molecule has 0 heterocycles. The molecule has 0 bridgehead atoms. The molecule has 4 atom stereocenters. The molecule has 14 nitrogen and oxygen atoms in total. The summed E-state index contributed by atoms with van der Waals surface area (Å²) in [6, 6.07) is 0. The summed E-state index contributed by atoms with van der Waals surface area (Å²) >= 11 is 2.12. The van der Waals surface area contributed by atoms with Crippen molar-refractivity contribution in [1.29, 1.82) is 0 Å². The van der Waals surface area contributed by atoms with Crippen LogP contribution in [0.1, 0.15) is 13.8 Å². The predicted octanol–water partition coefficient (Wildman–Crippen LogP) is -3.71. The van der Waals surface area contributed by atoms with Gasteiger partial charge in [-0.15, -0.1) is 0 Å². The molecular weight excluding hydrogens is 446 g/mol. The molecule has 0 aliphatic rings. The summed E-state index contributed by atoms with van der Waals surface area (Å²) in [4.78, 5) is 40.1. The quantitative estimate of drug-likeness (QED) is 0.189. The van der Waals surface area contributed by atoms with E-state index >= 15 is 0 Å². The van der Waals surface area contributed by atoms with Crippen LogP contribution >= 0.6 is 0 Å². The molecule has 0 rings (SSSR count). The average Bonchev–Trinajstić information content (AvgIpc) is 2.56. The van der Waals surface area contributed by atoms with Crippen LogP contribution in [0.3, 0.4) is 0 Å². The number of hydrogen-bond acceptors (Lipinski definition) is 10. The minimum absolute atomic E-state index is 0.703. The van der Waals surface area contributed by atoms with E-state index in [0.717, 1.165) is 34.7 Å². The molecule has 0 saturated carbocycles. The molecule has 0 saturated heterocycles. The van der Waals surface area contributed by atoms with Crippen LogP contribution in [0, 0.1) is 0 Å². The van der Waals surface area contributed by atoms with Gasteiger partial charge < -0.3 is 40.9 Å². The van der Waals surface area contributed by atoms with Gasteiger partial charge in [0.15, 0.2) is 23.4 Å². The molecule has 150 valence electrons. The van der Waals surface area contributed by atoms with E-state index in [2.05, 4.69) is 0 Å². The molecule has 0 aromatic rings. The number of carboxylic acid groups (broad SMARTS) is 4. The zero-order valence-electron chi connectivity index (χ0n) is 13.1. The number of aliphatic carboxylic acids is 4. The number of rotatable bonds is 6. The summed E-state index contributed by atoms with van der Waals surface area (Å²) < 4.78 is 16.4. The van der Waals surface area contributed by atoms with E-state index in [4.69, 9.17) is 48.2 Å². The van der Waals surface area contributed by atoms with Crippen molar-refractivity contribution in [1.82, 2.24) is 0 Å². The average molecular weight is 462 g/mol. The Morgan fingerprint density at radius 1 is 0.654 bits per heavy atom. The van der Waals surface area contributed by atoms with Gasteiger partial charge in [0, 0.05) is 0 Å². The topological polar surface area (TPSA) is 264 Å². The Balaban J connectivity index is -0.000000156. The van der Waals surface area contributed by atoms with Crippen molar-refractivity contribution in [3.63, 3.8) is 0 Å². The zero-order chi connectivity index (χ0) is 22.5. The van der Waals surface area contributed by atoms with E-state index in [1.54, 1.807) is 0 Å². The second kappa shape index (κ2) is 14.6. The summed E-state index contributed by atoms with van der Waals surface area (Å²) in [5, 5.41) is 67.3. The van der Waals surface area contributed by atoms with Crippen molar-refractivity contribution in [2.45, 2.75) is 37.3 Å². The normalized spacial score (nSPS) is 15.8. The standard InChI is InChI=1S/2C5H8O6.2O.2V/c2*1-5(11,4(9)10)2(6)3(7)8;;;;/h2*2,6,11H,1H3,(H,7,8)(H,9,10);;;;. The first-order valence-corrected chi connectivity index (χ1v) is 6.83. The Morgan fingerprint density at radius 3 is 0.846 bits per heavy atom. The van der Waals surface area contributed by atoms with E-state index < -0.39 is 47.3 Å². The van der Waals surface area contributed by atoms with Crippen LogP contribution in [0.15, 0.2) is 0 Å². The van der Waals surface area contributed by atoms with Gasteiger partial charge in [-0.3, -0.25) is 0 Å². The molecule has 0 aromatic carbocycles. The van der Waals surface area contributed by atoms with Crippen LogP contribution in [0.25, 0.3) is 0 Å². The molecule has 0 amide bonds. The molecule has 0 aliphatic heterocycles. The molecule has 0 spiro atoms. The third-order valence-electron chi connectivity index (χ3n) is 2.40. The first-order valence-electron chi connectivity index (χ1n) is 5.69. The van der Waals surface area contributed by atoms with Crippen LogP contribution in [0.4, 0.5) is 0 Å². The predicted molar refractivity (Wildman–Crippen MR) is 65.2 cm³/mol. The molecule has 8 N–H and O–H groups in total. The third kappa shape index (κ3) is 11.2. The molecule has 0 radical (unpaired) electrons. The van der Waals surface area contributed by atoms with Gasteiger partial charge in [0.05, 0.1) is 0 Å². The first-order chi connectivity index (χ1) is 11.6. The third-order valence-corrected chi connectivity index (χ3v) is 2.40. The van der Waals surface area contributed by atoms with E-state index in [1.807, 2.05) is 0 Å². The fourth-order valence-electron chi connectivity index (χ4n) is 0.715. The number of carboxylic acids is 4. The summed E-state index contributed by atoms with van der Waals surface area (Å²) in [6.07, 6.45) is -4.64. The van der Waals surface area contributed by atoms with Gasteiger partial charge in [-0.05, 0) is 13.8 Å². The van der Waals surface area contributed by atoms with Crippen molar-refractivity contribution < 1.29 is 102 Å². The Kier molecular flexibility index (Phi) is 18.1. The van der Waals surface area contributed by atoms with Crippen LogP contribution < -0.4 is 0 Å². The van der Waals surface area contributed by atoms with Gasteiger partial charge in [0.2, 0.25) is 0 Å². The minimum atomic E-state index is -2.65. The van der Waals surface area contributed by atoms with Crippen molar-refractivity contribution in [2.24, 2.45) is 0 Å². The summed E-state index contributed by atoms with van der Waals surface area (Å²) in [5.74, 6) is -7.13. The number of aliphatic hydroxyl groups is 4. The number of carbonyl (C=O) groups is 4. The Hall–Kier alpha value is -1.51. The Bertz CT molecular complexity index is 446. The second-order valence-electron chi connectivity index (χ2n) is 4.39. The monoisotopic (exact) mass is 462 g/mol. The molecule has 0 aliphatic carbocycles. The van der Waals surface area contributed by atoms with Gasteiger partial charge in [-0.2, -0.15) is 0 Å². The van der Waals surface area contributed by atoms with Gasteiger partial charge in [0.25, 0.3) is 0 Å². The van der Waals surface area contributed by atoms with E-state index in [9.17, 15) is 19.2 Å². The maximum atomic E-state index is 10.1.